The molecule has 1 rings (SSSR count). The van der Waals surface area contributed by atoms with E-state index in [1.54, 1.807) is 0 Å². The molecule has 0 aliphatic carbocycles. The first kappa shape index (κ1) is 11.9. The number of halogens is 1. The summed E-state index contributed by atoms with van der Waals surface area (Å²) in [6, 6.07) is 2.97. The lowest BCUT2D eigenvalue weighted by molar-refractivity contribution is -0.142. The molecule has 80 valence electrons. The van der Waals surface area contributed by atoms with Crippen LogP contribution in [0.3, 0.4) is 0 Å². The van der Waals surface area contributed by atoms with E-state index in [2.05, 4.69) is 4.74 Å². The van der Waals surface area contributed by atoms with Crippen LogP contribution >= 0.6 is 22.9 Å². The topological polar surface area (TPSA) is 60.4 Å². The molecular formula is C9H7ClO4S. The van der Waals surface area contributed by atoms with Gasteiger partial charge in [0.1, 0.15) is 6.42 Å². The molecule has 15 heavy (non-hydrogen) atoms. The number of methoxy groups -OCH3 is 1. The van der Waals surface area contributed by atoms with E-state index in [0.29, 0.717) is 4.34 Å². The largest absolute Gasteiger partial charge is 0.469 e. The summed E-state index contributed by atoms with van der Waals surface area (Å²) in [7, 11) is 1.15. The summed E-state index contributed by atoms with van der Waals surface area (Å²) in [5.41, 5.74) is 0. The lowest BCUT2D eigenvalue weighted by Crippen LogP contribution is -2.17. The quantitative estimate of drug-likeness (QED) is 0.351. The molecule has 0 fully saturated rings. The number of hydrogen-bond donors (Lipinski definition) is 0. The average Bonchev–Trinajstić information content (AvgIpc) is 2.63. The summed E-state index contributed by atoms with van der Waals surface area (Å²) in [6.45, 7) is 0. The lowest BCUT2D eigenvalue weighted by Gasteiger charge is -1.96. The normalized spacial score (nSPS) is 9.73. The average molecular weight is 247 g/mol. The highest BCUT2D eigenvalue weighted by molar-refractivity contribution is 7.18. The zero-order valence-corrected chi connectivity index (χ0v) is 9.35. The summed E-state index contributed by atoms with van der Waals surface area (Å²) in [4.78, 5) is 33.6. The van der Waals surface area contributed by atoms with Gasteiger partial charge in [0.2, 0.25) is 11.6 Å². The Labute approximate surface area is 94.8 Å². The molecule has 0 N–H and O–H groups in total. The molecule has 0 saturated heterocycles. The number of hydrogen-bond acceptors (Lipinski definition) is 5. The minimum atomic E-state index is -0.791. The van der Waals surface area contributed by atoms with Gasteiger partial charge in [-0.25, -0.2) is 0 Å². The van der Waals surface area contributed by atoms with Crippen molar-refractivity contribution in [3.63, 3.8) is 0 Å². The first-order valence-electron chi connectivity index (χ1n) is 3.94. The van der Waals surface area contributed by atoms with E-state index >= 15 is 0 Å². The fraction of sp³-hybridized carbons (Fsp3) is 0.222. The Bertz CT molecular complexity index is 410. The predicted molar refractivity (Wildman–Crippen MR) is 55.3 cm³/mol. The molecule has 0 bridgehead atoms. The summed E-state index contributed by atoms with van der Waals surface area (Å²) in [6.07, 6.45) is -0.537. The van der Waals surface area contributed by atoms with Crippen LogP contribution in [0.5, 0.6) is 0 Å². The van der Waals surface area contributed by atoms with E-state index in [4.69, 9.17) is 11.6 Å². The van der Waals surface area contributed by atoms with Crippen molar-refractivity contribution in [1.29, 1.82) is 0 Å². The van der Waals surface area contributed by atoms with E-state index in [1.807, 2.05) is 0 Å². The van der Waals surface area contributed by atoms with E-state index in [1.165, 1.54) is 12.1 Å². The first-order valence-corrected chi connectivity index (χ1v) is 5.13. The van der Waals surface area contributed by atoms with Gasteiger partial charge in [-0.05, 0) is 12.1 Å². The second kappa shape index (κ2) is 5.04. The van der Waals surface area contributed by atoms with E-state index < -0.39 is 24.0 Å². The summed E-state index contributed by atoms with van der Waals surface area (Å²) in [5.74, 6) is -2.23. The van der Waals surface area contributed by atoms with Gasteiger partial charge in [-0.1, -0.05) is 11.6 Å². The molecule has 0 aliphatic rings. The molecule has 1 aromatic heterocycles. The number of carbonyl (C=O) groups excluding carboxylic acids is 3. The van der Waals surface area contributed by atoms with Gasteiger partial charge in [-0.2, -0.15) is 0 Å². The Morgan fingerprint density at radius 1 is 1.40 bits per heavy atom. The molecule has 0 aliphatic heterocycles. The van der Waals surface area contributed by atoms with E-state index in [9.17, 15) is 14.4 Å². The minimum absolute atomic E-state index is 0.230. The van der Waals surface area contributed by atoms with E-state index in [-0.39, 0.29) is 4.88 Å². The Kier molecular flexibility index (Phi) is 3.99. The maximum absolute atomic E-state index is 11.4. The van der Waals surface area contributed by atoms with Crippen LogP contribution < -0.4 is 0 Å². The van der Waals surface area contributed by atoms with Crippen LogP contribution in [0.15, 0.2) is 12.1 Å². The smallest absolute Gasteiger partial charge is 0.313 e. The number of esters is 1. The number of ether oxygens (including phenoxy) is 1. The third-order valence-electron chi connectivity index (χ3n) is 1.58. The van der Waals surface area contributed by atoms with Gasteiger partial charge in [-0.3, -0.25) is 14.4 Å². The minimum Gasteiger partial charge on any atom is -0.469 e. The van der Waals surface area contributed by atoms with Crippen molar-refractivity contribution < 1.29 is 19.1 Å². The van der Waals surface area contributed by atoms with Crippen molar-refractivity contribution >= 4 is 40.5 Å². The highest BCUT2D eigenvalue weighted by atomic mass is 35.5. The van der Waals surface area contributed by atoms with Gasteiger partial charge >= 0.3 is 5.97 Å². The van der Waals surface area contributed by atoms with Crippen molar-refractivity contribution in [2.45, 2.75) is 6.42 Å². The SMILES string of the molecule is COC(=O)CC(=O)C(=O)c1ccc(Cl)s1. The van der Waals surface area contributed by atoms with Gasteiger partial charge in [0.05, 0.1) is 16.3 Å². The van der Waals surface area contributed by atoms with Crippen LogP contribution in [0.25, 0.3) is 0 Å². The molecule has 1 heterocycles. The van der Waals surface area contributed by atoms with Gasteiger partial charge < -0.3 is 4.74 Å². The van der Waals surface area contributed by atoms with Crippen molar-refractivity contribution in [3.05, 3.63) is 21.3 Å². The monoisotopic (exact) mass is 246 g/mol. The number of rotatable bonds is 4. The first-order chi connectivity index (χ1) is 7.04. The number of thiophene rings is 1. The third-order valence-corrected chi connectivity index (χ3v) is 2.81. The standard InChI is InChI=1S/C9H7ClO4S/c1-14-8(12)4-5(11)9(13)6-2-3-7(10)15-6/h2-3H,4H2,1H3. The maximum atomic E-state index is 11.4. The highest BCUT2D eigenvalue weighted by Gasteiger charge is 2.21. The van der Waals surface area contributed by atoms with Crippen LogP contribution in [0, 0.1) is 0 Å². The molecule has 0 radical (unpaired) electrons. The molecule has 0 amide bonds. The molecular weight excluding hydrogens is 240 g/mol. The second-order valence-electron chi connectivity index (χ2n) is 2.61. The molecule has 4 nitrogen and oxygen atoms in total. The van der Waals surface area contributed by atoms with Crippen molar-refractivity contribution in [1.82, 2.24) is 0 Å². The van der Waals surface area contributed by atoms with Gasteiger partial charge in [0.15, 0.2) is 0 Å². The second-order valence-corrected chi connectivity index (χ2v) is 4.32. The molecule has 0 aromatic carbocycles. The summed E-state index contributed by atoms with van der Waals surface area (Å²) >= 11 is 6.61. The molecule has 6 heteroatoms. The van der Waals surface area contributed by atoms with Gasteiger partial charge in [0, 0.05) is 0 Å². The van der Waals surface area contributed by atoms with Gasteiger partial charge in [0.25, 0.3) is 0 Å². The van der Waals surface area contributed by atoms with E-state index in [0.717, 1.165) is 18.4 Å². The van der Waals surface area contributed by atoms with Crippen molar-refractivity contribution in [3.8, 4) is 0 Å². The predicted octanol–water partition coefficient (Wildman–Crippen LogP) is 1.72. The Hall–Kier alpha value is -1.20. The summed E-state index contributed by atoms with van der Waals surface area (Å²) < 4.78 is 4.70. The zero-order chi connectivity index (χ0) is 11.4. The van der Waals surface area contributed by atoms with Crippen LogP contribution in [0.4, 0.5) is 0 Å². The van der Waals surface area contributed by atoms with Crippen molar-refractivity contribution in [2.75, 3.05) is 7.11 Å². The molecule has 1 aromatic rings. The Balaban J connectivity index is 2.69. The Morgan fingerprint density at radius 2 is 2.07 bits per heavy atom. The van der Waals surface area contributed by atoms with Crippen LogP contribution in [-0.4, -0.2) is 24.6 Å². The molecule has 0 unspecified atom stereocenters. The lowest BCUT2D eigenvalue weighted by atomic mass is 10.2. The Morgan fingerprint density at radius 3 is 2.53 bits per heavy atom. The van der Waals surface area contributed by atoms with Crippen LogP contribution in [-0.2, 0) is 14.3 Å². The third kappa shape index (κ3) is 3.14. The number of carbonyl (C=O) groups is 3. The molecule has 0 atom stereocenters. The zero-order valence-electron chi connectivity index (χ0n) is 7.78. The van der Waals surface area contributed by atoms with Crippen molar-refractivity contribution in [2.24, 2.45) is 0 Å². The maximum Gasteiger partial charge on any atom is 0.313 e. The number of Topliss-reactive ketones (excluding diaryl/α,β-unsaturated/α-hetero) is 2. The summed E-state index contributed by atoms with van der Waals surface area (Å²) in [5, 5.41) is 0. The molecule has 0 spiro atoms. The number of ketones is 2. The fourth-order valence-electron chi connectivity index (χ4n) is 0.857. The fourth-order valence-corrected chi connectivity index (χ4v) is 1.86. The molecule has 0 saturated carbocycles. The van der Waals surface area contributed by atoms with Crippen LogP contribution in [0.2, 0.25) is 4.34 Å². The van der Waals surface area contributed by atoms with Gasteiger partial charge in [-0.15, -0.1) is 11.3 Å². The highest BCUT2D eigenvalue weighted by Crippen LogP contribution is 2.22. The van der Waals surface area contributed by atoms with Crippen LogP contribution in [0.1, 0.15) is 16.1 Å².